The van der Waals surface area contributed by atoms with Crippen LogP contribution in [0.4, 0.5) is 29.3 Å². The number of carboxylic acid groups (broad SMARTS) is 1. The predicted octanol–water partition coefficient (Wildman–Crippen LogP) is 3.91. The second-order valence-corrected chi connectivity index (χ2v) is 7.39. The topological polar surface area (TPSA) is 135 Å². The lowest BCUT2D eigenvalue weighted by atomic mass is 10.00. The summed E-state index contributed by atoms with van der Waals surface area (Å²) in [5, 5.41) is 23.9. The molecular formula is C24H16F3N4O4-. The lowest BCUT2D eigenvalue weighted by Gasteiger charge is -2.18. The molecule has 1 aromatic heterocycles. The molecule has 0 spiro atoms. The van der Waals surface area contributed by atoms with E-state index in [1.165, 1.54) is 24.4 Å². The average Bonchev–Trinajstić information content (AvgIpc) is 2.79. The quantitative estimate of drug-likeness (QED) is 0.405. The van der Waals surface area contributed by atoms with E-state index in [-0.39, 0.29) is 22.5 Å². The fourth-order valence-corrected chi connectivity index (χ4v) is 3.32. The minimum absolute atomic E-state index is 0.154. The molecule has 0 saturated heterocycles. The highest BCUT2D eigenvalue weighted by atomic mass is 19.4. The number of nitrogens with zero attached hydrogens (tertiary/aromatic N) is 2. The Morgan fingerprint density at radius 1 is 1.03 bits per heavy atom. The van der Waals surface area contributed by atoms with E-state index in [0.717, 1.165) is 13.0 Å². The van der Waals surface area contributed by atoms with Gasteiger partial charge in [0.2, 0.25) is 5.91 Å². The van der Waals surface area contributed by atoms with E-state index in [1.807, 2.05) is 11.4 Å². The number of nitriles is 1. The van der Waals surface area contributed by atoms with Gasteiger partial charge < -0.3 is 20.5 Å². The van der Waals surface area contributed by atoms with E-state index in [2.05, 4.69) is 10.3 Å². The van der Waals surface area contributed by atoms with Gasteiger partial charge in [-0.25, -0.2) is 4.98 Å². The minimum atomic E-state index is -4.75. The van der Waals surface area contributed by atoms with Gasteiger partial charge in [-0.1, -0.05) is 18.2 Å². The number of carbonyl (C=O) groups is 3. The summed E-state index contributed by atoms with van der Waals surface area (Å²) in [6.07, 6.45) is -5.82. The van der Waals surface area contributed by atoms with Crippen LogP contribution in [-0.4, -0.2) is 22.8 Å². The maximum atomic E-state index is 13.3. The Morgan fingerprint density at radius 3 is 2.37 bits per heavy atom. The highest BCUT2D eigenvalue weighted by Crippen LogP contribution is 2.37. The molecule has 2 amide bonds. The summed E-state index contributed by atoms with van der Waals surface area (Å²) in [6.45, 7) is 1.13. The fraction of sp³-hybridized carbons (Fsp3) is 0.125. The van der Waals surface area contributed by atoms with Crippen molar-refractivity contribution >= 4 is 29.2 Å². The van der Waals surface area contributed by atoms with Crippen LogP contribution in [0.5, 0.6) is 0 Å². The average molecular weight is 481 g/mol. The molecule has 0 aliphatic rings. The molecule has 0 atom stereocenters. The molecule has 0 unspecified atom stereocenters. The molecule has 0 saturated carbocycles. The van der Waals surface area contributed by atoms with Gasteiger partial charge in [-0.15, -0.1) is 0 Å². The smallest absolute Gasteiger partial charge is 0.416 e. The zero-order chi connectivity index (χ0) is 25.8. The van der Waals surface area contributed by atoms with Crippen LogP contribution in [0.1, 0.15) is 33.6 Å². The van der Waals surface area contributed by atoms with Crippen LogP contribution in [0, 0.1) is 18.3 Å². The number of aryl methyl sites for hydroxylation is 1. The van der Waals surface area contributed by atoms with Crippen molar-refractivity contribution in [3.63, 3.8) is 0 Å². The van der Waals surface area contributed by atoms with Crippen LogP contribution in [0.2, 0.25) is 0 Å². The van der Waals surface area contributed by atoms with Gasteiger partial charge in [0, 0.05) is 11.8 Å². The van der Waals surface area contributed by atoms with Crippen molar-refractivity contribution in [2.75, 3.05) is 10.6 Å². The first-order valence-corrected chi connectivity index (χ1v) is 9.97. The summed E-state index contributed by atoms with van der Waals surface area (Å²) in [4.78, 5) is 39.9. The van der Waals surface area contributed by atoms with Crippen LogP contribution < -0.4 is 15.7 Å². The third-order valence-corrected chi connectivity index (χ3v) is 4.89. The zero-order valence-corrected chi connectivity index (χ0v) is 18.1. The van der Waals surface area contributed by atoms with Crippen LogP contribution in [0.3, 0.4) is 0 Å². The Labute approximate surface area is 197 Å². The summed E-state index contributed by atoms with van der Waals surface area (Å²) in [5.74, 6) is -1.58. The number of carbonyl (C=O) groups excluding carboxylic acids is 3. The lowest BCUT2D eigenvalue weighted by Crippen LogP contribution is -2.29. The van der Waals surface area contributed by atoms with Crippen LogP contribution >= 0.6 is 0 Å². The molecule has 0 bridgehead atoms. The van der Waals surface area contributed by atoms with Crippen molar-refractivity contribution < 1.29 is 32.7 Å². The number of hydrogen-bond donors (Lipinski definition) is 2. The standard InChI is InChI=1S/C24H17F3N4O4/c1-13-7-19(31-23(34)35)20(10-18(13)24(25,26)27)30-22(33)11-21(32)16-4-2-3-14(8-16)15-5-6-29-17(9-15)12-28/h2-10,31H,11H2,1H3,(H,30,33)(H,34,35)/p-1. The lowest BCUT2D eigenvalue weighted by molar-refractivity contribution is -0.242. The molecule has 8 nitrogen and oxygen atoms in total. The number of nitrogens with one attached hydrogen (secondary N) is 2. The molecule has 178 valence electrons. The molecular weight excluding hydrogens is 465 g/mol. The first-order valence-electron chi connectivity index (χ1n) is 9.97. The number of ketones is 1. The summed E-state index contributed by atoms with van der Waals surface area (Å²) >= 11 is 0. The fourth-order valence-electron chi connectivity index (χ4n) is 3.32. The molecule has 3 rings (SSSR count). The number of halogens is 3. The second-order valence-electron chi connectivity index (χ2n) is 7.39. The number of aromatic nitrogens is 1. The summed E-state index contributed by atoms with van der Waals surface area (Å²) in [6, 6.07) is 12.8. The van der Waals surface area contributed by atoms with Crippen molar-refractivity contribution in [1.82, 2.24) is 4.98 Å². The number of hydrogen-bond acceptors (Lipinski definition) is 6. The molecule has 2 aromatic carbocycles. The van der Waals surface area contributed by atoms with Crippen molar-refractivity contribution in [1.29, 1.82) is 5.26 Å². The van der Waals surface area contributed by atoms with Crippen LogP contribution in [0.25, 0.3) is 11.1 Å². The summed E-state index contributed by atoms with van der Waals surface area (Å²) < 4.78 is 39.8. The zero-order valence-electron chi connectivity index (χ0n) is 18.1. The molecule has 35 heavy (non-hydrogen) atoms. The number of pyridine rings is 1. The SMILES string of the molecule is Cc1cc(NC(=O)[O-])c(NC(=O)CC(=O)c2cccc(-c3ccnc(C#N)c3)c2)cc1C(F)(F)F. The molecule has 1 heterocycles. The number of Topliss-reactive ketones (excluding diaryl/α,β-unsaturated/α-hetero) is 1. The van der Waals surface area contributed by atoms with Crippen molar-refractivity contribution in [3.05, 3.63) is 77.1 Å². The van der Waals surface area contributed by atoms with Gasteiger partial charge in [0.15, 0.2) is 5.78 Å². The highest BCUT2D eigenvalue weighted by Gasteiger charge is 2.33. The van der Waals surface area contributed by atoms with E-state index in [0.29, 0.717) is 17.2 Å². The summed E-state index contributed by atoms with van der Waals surface area (Å²) in [5.41, 5.74) is -0.620. The number of benzene rings is 2. The van der Waals surface area contributed by atoms with E-state index in [1.54, 1.807) is 18.2 Å². The van der Waals surface area contributed by atoms with Gasteiger partial charge in [-0.05, 0) is 53.9 Å². The summed E-state index contributed by atoms with van der Waals surface area (Å²) in [7, 11) is 0. The number of amides is 2. The largest absolute Gasteiger partial charge is 0.530 e. The van der Waals surface area contributed by atoms with Crippen LogP contribution in [0.15, 0.2) is 54.7 Å². The molecule has 3 aromatic rings. The third kappa shape index (κ3) is 6.20. The Morgan fingerprint density at radius 2 is 1.71 bits per heavy atom. The molecule has 0 aliphatic carbocycles. The highest BCUT2D eigenvalue weighted by molar-refractivity contribution is 6.12. The monoisotopic (exact) mass is 481 g/mol. The van der Waals surface area contributed by atoms with Crippen molar-refractivity contribution in [3.8, 4) is 17.2 Å². The second kappa shape index (κ2) is 10.0. The van der Waals surface area contributed by atoms with Crippen molar-refractivity contribution in [2.24, 2.45) is 0 Å². The van der Waals surface area contributed by atoms with Crippen molar-refractivity contribution in [2.45, 2.75) is 19.5 Å². The maximum Gasteiger partial charge on any atom is 0.416 e. The normalized spacial score (nSPS) is 10.8. The third-order valence-electron chi connectivity index (χ3n) is 4.89. The first-order chi connectivity index (χ1) is 16.5. The molecule has 2 N–H and O–H groups in total. The molecule has 0 fully saturated rings. The molecule has 0 aliphatic heterocycles. The van der Waals surface area contributed by atoms with E-state index in [4.69, 9.17) is 5.26 Å². The van der Waals surface area contributed by atoms with Gasteiger partial charge in [0.25, 0.3) is 0 Å². The van der Waals surface area contributed by atoms with Gasteiger partial charge >= 0.3 is 6.18 Å². The number of rotatable bonds is 6. The first kappa shape index (κ1) is 24.9. The van der Waals surface area contributed by atoms with Gasteiger partial charge in [-0.3, -0.25) is 9.59 Å². The Bertz CT molecular complexity index is 1360. The van der Waals surface area contributed by atoms with E-state index >= 15 is 0 Å². The predicted molar refractivity (Wildman–Crippen MR) is 117 cm³/mol. The van der Waals surface area contributed by atoms with E-state index in [9.17, 15) is 32.7 Å². The number of alkyl halides is 3. The van der Waals surface area contributed by atoms with Gasteiger partial charge in [-0.2, -0.15) is 18.4 Å². The minimum Gasteiger partial charge on any atom is -0.530 e. The molecule has 11 heteroatoms. The Hall–Kier alpha value is -4.72. The maximum absolute atomic E-state index is 13.3. The van der Waals surface area contributed by atoms with E-state index < -0.39 is 41.6 Å². The Kier molecular flexibility index (Phi) is 7.15. The molecule has 0 radical (unpaired) electrons. The van der Waals surface area contributed by atoms with Gasteiger partial charge in [0.1, 0.15) is 17.9 Å². The van der Waals surface area contributed by atoms with Gasteiger partial charge in [0.05, 0.1) is 23.4 Å². The Balaban J connectivity index is 1.83. The van der Waals surface area contributed by atoms with Crippen LogP contribution in [-0.2, 0) is 11.0 Å². The number of anilines is 2.